The highest BCUT2D eigenvalue weighted by Crippen LogP contribution is 2.35. The van der Waals surface area contributed by atoms with Gasteiger partial charge in [-0.05, 0) is 60.5 Å². The van der Waals surface area contributed by atoms with Crippen molar-refractivity contribution in [3.8, 4) is 17.2 Å². The molecule has 0 spiro atoms. The van der Waals surface area contributed by atoms with E-state index >= 15 is 0 Å². The molecule has 1 aliphatic heterocycles. The van der Waals surface area contributed by atoms with E-state index in [9.17, 15) is 0 Å². The Balaban J connectivity index is 1.70. The summed E-state index contributed by atoms with van der Waals surface area (Å²) in [5.41, 5.74) is 4.69. The van der Waals surface area contributed by atoms with Gasteiger partial charge in [-0.2, -0.15) is 0 Å². The number of benzene rings is 3. The van der Waals surface area contributed by atoms with Crippen LogP contribution in [0.1, 0.15) is 17.5 Å². The second-order valence-electron chi connectivity index (χ2n) is 6.56. The maximum absolute atomic E-state index is 6.07. The highest BCUT2D eigenvalue weighted by Gasteiger charge is 2.16. The Labute approximate surface area is 169 Å². The number of rotatable bonds is 4. The molecule has 4 rings (SSSR count). The van der Waals surface area contributed by atoms with Crippen LogP contribution in [-0.2, 0) is 0 Å². The summed E-state index contributed by atoms with van der Waals surface area (Å²) in [5.74, 6) is 2.38. The summed E-state index contributed by atoms with van der Waals surface area (Å²) in [5, 5.41) is 3.28. The zero-order valence-corrected chi connectivity index (χ0v) is 16.5. The van der Waals surface area contributed by atoms with Crippen LogP contribution in [0.15, 0.2) is 71.7 Å². The Kier molecular flexibility index (Phi) is 5.08. The molecule has 1 N–H and O–H groups in total. The van der Waals surface area contributed by atoms with Gasteiger partial charge in [0.2, 0.25) is 0 Å². The van der Waals surface area contributed by atoms with Gasteiger partial charge >= 0.3 is 0 Å². The van der Waals surface area contributed by atoms with Crippen molar-refractivity contribution in [2.24, 2.45) is 4.99 Å². The van der Waals surface area contributed by atoms with Crippen molar-refractivity contribution in [2.45, 2.75) is 13.3 Å². The van der Waals surface area contributed by atoms with Crippen molar-refractivity contribution in [1.29, 1.82) is 0 Å². The Morgan fingerprint density at radius 2 is 1.71 bits per heavy atom. The number of para-hydroxylation sites is 1. The van der Waals surface area contributed by atoms with Gasteiger partial charge in [-0.25, -0.2) is 0 Å². The van der Waals surface area contributed by atoms with Crippen LogP contribution >= 0.6 is 12.2 Å². The molecule has 0 fully saturated rings. The third-order valence-electron chi connectivity index (χ3n) is 4.57. The Morgan fingerprint density at radius 3 is 2.46 bits per heavy atom. The van der Waals surface area contributed by atoms with Crippen LogP contribution in [-0.4, -0.2) is 17.8 Å². The lowest BCUT2D eigenvalue weighted by molar-refractivity contribution is 0.415. The number of thiocarbonyl (C=S) groups is 1. The van der Waals surface area contributed by atoms with Crippen LogP contribution in [0, 0.1) is 6.92 Å². The molecule has 28 heavy (non-hydrogen) atoms. The topological polar surface area (TPSA) is 42.9 Å². The predicted octanol–water partition coefficient (Wildman–Crippen LogP) is 6.06. The Morgan fingerprint density at radius 1 is 0.964 bits per heavy atom. The molecule has 0 bridgehead atoms. The average molecular weight is 388 g/mol. The fraction of sp³-hybridized carbons (Fsp3) is 0.130. The maximum atomic E-state index is 6.07. The van der Waals surface area contributed by atoms with Gasteiger partial charge in [0.05, 0.1) is 29.2 Å². The fourth-order valence-corrected chi connectivity index (χ4v) is 3.30. The summed E-state index contributed by atoms with van der Waals surface area (Å²) >= 11 is 5.50. The summed E-state index contributed by atoms with van der Waals surface area (Å²) in [6.45, 7) is 2.03. The highest BCUT2D eigenvalue weighted by atomic mass is 32.1. The van der Waals surface area contributed by atoms with E-state index in [1.54, 1.807) is 7.11 Å². The first-order chi connectivity index (χ1) is 13.6. The molecule has 0 radical (unpaired) electrons. The van der Waals surface area contributed by atoms with Crippen molar-refractivity contribution in [2.75, 3.05) is 12.4 Å². The first kappa shape index (κ1) is 18.2. The molecule has 140 valence electrons. The summed E-state index contributed by atoms with van der Waals surface area (Å²) < 4.78 is 11.3. The lowest BCUT2D eigenvalue weighted by Crippen LogP contribution is -2.12. The molecule has 0 aromatic heterocycles. The summed E-state index contributed by atoms with van der Waals surface area (Å²) in [6, 6.07) is 21.6. The van der Waals surface area contributed by atoms with E-state index in [0.717, 1.165) is 50.5 Å². The summed E-state index contributed by atoms with van der Waals surface area (Å²) in [7, 11) is 1.66. The van der Waals surface area contributed by atoms with Gasteiger partial charge in [-0.15, -0.1) is 0 Å². The number of hydrogen-bond donors (Lipinski definition) is 1. The van der Waals surface area contributed by atoms with Crippen LogP contribution < -0.4 is 14.8 Å². The predicted molar refractivity (Wildman–Crippen MR) is 118 cm³/mol. The quantitative estimate of drug-likeness (QED) is 0.552. The van der Waals surface area contributed by atoms with Gasteiger partial charge in [0.15, 0.2) is 0 Å². The van der Waals surface area contributed by atoms with E-state index in [0.29, 0.717) is 6.42 Å². The zero-order valence-electron chi connectivity index (χ0n) is 15.7. The molecule has 0 atom stereocenters. The molecule has 4 nitrogen and oxygen atoms in total. The molecule has 3 aromatic rings. The molecule has 1 aliphatic rings. The van der Waals surface area contributed by atoms with Gasteiger partial charge < -0.3 is 14.8 Å². The molecule has 0 saturated carbocycles. The van der Waals surface area contributed by atoms with E-state index in [4.69, 9.17) is 26.7 Å². The van der Waals surface area contributed by atoms with E-state index in [1.165, 1.54) is 0 Å². The van der Waals surface area contributed by atoms with Gasteiger partial charge in [0.25, 0.3) is 0 Å². The molecule has 3 aromatic carbocycles. The van der Waals surface area contributed by atoms with Crippen LogP contribution in [0.25, 0.3) is 0 Å². The number of nitrogens with zero attached hydrogens (tertiary/aromatic N) is 1. The van der Waals surface area contributed by atoms with E-state index < -0.39 is 0 Å². The average Bonchev–Trinajstić information content (AvgIpc) is 2.87. The lowest BCUT2D eigenvalue weighted by Gasteiger charge is -2.11. The van der Waals surface area contributed by atoms with Crippen molar-refractivity contribution < 1.29 is 9.47 Å². The van der Waals surface area contributed by atoms with Gasteiger partial charge in [0.1, 0.15) is 17.2 Å². The summed E-state index contributed by atoms with van der Waals surface area (Å²) in [4.78, 5) is 5.62. The first-order valence-electron chi connectivity index (χ1n) is 9.02. The molecule has 5 heteroatoms. The minimum Gasteiger partial charge on any atom is -0.497 e. The van der Waals surface area contributed by atoms with Crippen molar-refractivity contribution >= 4 is 34.3 Å². The third kappa shape index (κ3) is 3.89. The Hall–Kier alpha value is -3.18. The third-order valence-corrected chi connectivity index (χ3v) is 4.82. The van der Waals surface area contributed by atoms with Gasteiger partial charge in [0, 0.05) is 12.5 Å². The Bertz CT molecular complexity index is 1060. The number of aliphatic imine (C=N–C) groups is 1. The lowest BCUT2D eigenvalue weighted by atomic mass is 10.1. The zero-order chi connectivity index (χ0) is 19.5. The number of anilines is 1. The number of aryl methyl sites for hydroxylation is 1. The number of nitrogens with one attached hydrogen (secondary N) is 1. The molecular formula is C23H20N2O2S. The number of ether oxygens (including phenoxy) is 2. The van der Waals surface area contributed by atoms with Crippen molar-refractivity contribution in [3.63, 3.8) is 0 Å². The second kappa shape index (κ2) is 7.82. The fourth-order valence-electron chi connectivity index (χ4n) is 3.05. The van der Waals surface area contributed by atoms with Crippen LogP contribution in [0.3, 0.4) is 0 Å². The number of methoxy groups -OCH3 is 1. The number of fused-ring (bicyclic) bond motifs is 1. The molecule has 0 aliphatic carbocycles. The molecule has 0 unspecified atom stereocenters. The molecule has 0 saturated heterocycles. The monoisotopic (exact) mass is 388 g/mol. The minimum absolute atomic E-state index is 0.574. The number of hydrogen-bond acceptors (Lipinski definition) is 4. The van der Waals surface area contributed by atoms with Gasteiger partial charge in [-0.1, -0.05) is 30.4 Å². The second-order valence-corrected chi connectivity index (χ2v) is 7.05. The van der Waals surface area contributed by atoms with E-state index in [1.807, 2.05) is 73.7 Å². The van der Waals surface area contributed by atoms with Crippen LogP contribution in [0.2, 0.25) is 0 Å². The summed E-state index contributed by atoms with van der Waals surface area (Å²) in [6.07, 6.45) is 0.574. The molecular weight excluding hydrogens is 368 g/mol. The van der Waals surface area contributed by atoms with E-state index in [-0.39, 0.29) is 0 Å². The van der Waals surface area contributed by atoms with E-state index in [2.05, 4.69) is 5.32 Å². The van der Waals surface area contributed by atoms with Gasteiger partial charge in [-0.3, -0.25) is 4.99 Å². The smallest absolute Gasteiger partial charge is 0.130 e. The minimum atomic E-state index is 0.574. The van der Waals surface area contributed by atoms with Crippen LogP contribution in [0.5, 0.6) is 17.2 Å². The molecule has 1 heterocycles. The molecule has 0 amide bonds. The van der Waals surface area contributed by atoms with Crippen LogP contribution in [0.4, 0.5) is 11.4 Å². The SMILES string of the molecule is COc1ccc(C2=Nc3cc(Oc4ccccc4C)ccc3NC(=S)C2)cc1. The normalized spacial score (nSPS) is 13.1. The largest absolute Gasteiger partial charge is 0.497 e. The standard InChI is InChI=1S/C23H20N2O2S/c1-15-5-3-4-6-22(15)27-18-11-12-19-21(13-18)24-20(14-23(28)25-19)16-7-9-17(26-2)10-8-16/h3-13H,14H2,1-2H3,(H,25,28). The maximum Gasteiger partial charge on any atom is 0.130 e. The van der Waals surface area contributed by atoms with Crippen molar-refractivity contribution in [1.82, 2.24) is 0 Å². The highest BCUT2D eigenvalue weighted by molar-refractivity contribution is 7.80. The first-order valence-corrected chi connectivity index (χ1v) is 9.42. The van der Waals surface area contributed by atoms with Crippen molar-refractivity contribution in [3.05, 3.63) is 77.9 Å².